The standard InChI is InChI=1S/C24H22FN5O3S3/c1-13-22(36(26,32)33)35-23(27-13)30-10-2-9-29(24(30)31)17-7-5-14(6-8-17)18-11-16(25)12-19-20(18)34-21(28-19)15-3-4-15/h5-8,11-12,15H,2-4,9-10H2,1H3,(H2,26,32,33). The number of hydrogen-bond donors (Lipinski definition) is 1. The van der Waals surface area contributed by atoms with Gasteiger partial charge < -0.3 is 0 Å². The Kier molecular flexibility index (Phi) is 5.59. The number of nitrogens with two attached hydrogens (primary N) is 1. The molecule has 2 aliphatic rings. The number of halogens is 1. The quantitative estimate of drug-likeness (QED) is 0.371. The van der Waals surface area contributed by atoms with Gasteiger partial charge in [-0.3, -0.25) is 9.80 Å². The van der Waals surface area contributed by atoms with Crippen molar-refractivity contribution in [2.24, 2.45) is 5.14 Å². The van der Waals surface area contributed by atoms with E-state index in [1.807, 2.05) is 24.3 Å². The molecule has 2 N–H and O–H groups in total. The highest BCUT2D eigenvalue weighted by molar-refractivity contribution is 7.91. The minimum atomic E-state index is -3.91. The number of primary sulfonamides is 1. The molecule has 1 saturated heterocycles. The van der Waals surface area contributed by atoms with Crippen LogP contribution in [0, 0.1) is 12.7 Å². The van der Waals surface area contributed by atoms with Crippen molar-refractivity contribution in [2.75, 3.05) is 22.9 Å². The highest BCUT2D eigenvalue weighted by Gasteiger charge is 2.32. The predicted molar refractivity (Wildman–Crippen MR) is 140 cm³/mol. The van der Waals surface area contributed by atoms with Crippen molar-refractivity contribution >= 4 is 59.8 Å². The molecule has 2 aromatic carbocycles. The maximum atomic E-state index is 14.4. The number of anilines is 2. The number of nitrogens with zero attached hydrogens (tertiary/aromatic N) is 4. The van der Waals surface area contributed by atoms with Gasteiger partial charge in [0.15, 0.2) is 9.34 Å². The molecule has 0 radical (unpaired) electrons. The molecule has 12 heteroatoms. The van der Waals surface area contributed by atoms with Crippen LogP contribution in [0.4, 0.5) is 20.0 Å². The lowest BCUT2D eigenvalue weighted by Crippen LogP contribution is -2.49. The second-order valence-corrected chi connectivity index (χ2v) is 12.8. The Hall–Kier alpha value is -2.93. The fourth-order valence-electron chi connectivity index (χ4n) is 4.44. The Balaban J connectivity index is 1.29. The lowest BCUT2D eigenvalue weighted by Gasteiger charge is -2.34. The molecule has 2 aromatic heterocycles. The first-order valence-electron chi connectivity index (χ1n) is 11.5. The molecule has 1 aliphatic carbocycles. The van der Waals surface area contributed by atoms with Crippen LogP contribution >= 0.6 is 22.7 Å². The Labute approximate surface area is 215 Å². The van der Waals surface area contributed by atoms with Gasteiger partial charge in [0.25, 0.3) is 0 Å². The van der Waals surface area contributed by atoms with Crippen molar-refractivity contribution in [3.63, 3.8) is 0 Å². The first kappa shape index (κ1) is 23.5. The molecule has 8 nitrogen and oxygen atoms in total. The summed E-state index contributed by atoms with van der Waals surface area (Å²) in [5.74, 6) is 0.171. The van der Waals surface area contributed by atoms with Crippen LogP contribution in [0.5, 0.6) is 0 Å². The Morgan fingerprint density at radius 1 is 1.06 bits per heavy atom. The number of urea groups is 1. The Bertz CT molecular complexity index is 1610. The van der Waals surface area contributed by atoms with Crippen molar-refractivity contribution < 1.29 is 17.6 Å². The van der Waals surface area contributed by atoms with E-state index in [0.717, 1.165) is 45.0 Å². The fourth-order valence-corrected chi connectivity index (χ4v) is 7.66. The molecule has 0 atom stereocenters. The lowest BCUT2D eigenvalue weighted by molar-refractivity contribution is 0.248. The van der Waals surface area contributed by atoms with Crippen LogP contribution in [-0.2, 0) is 10.0 Å². The molecule has 0 bridgehead atoms. The molecule has 2 fully saturated rings. The number of benzene rings is 2. The molecule has 0 spiro atoms. The Morgan fingerprint density at radius 3 is 2.44 bits per heavy atom. The molecule has 4 aromatic rings. The van der Waals surface area contributed by atoms with Gasteiger partial charge >= 0.3 is 6.03 Å². The lowest BCUT2D eigenvalue weighted by atomic mass is 10.0. The van der Waals surface area contributed by atoms with Crippen molar-refractivity contribution in [3.8, 4) is 11.1 Å². The normalized spacial score (nSPS) is 16.8. The largest absolute Gasteiger partial charge is 0.330 e. The van der Waals surface area contributed by atoms with Crippen LogP contribution < -0.4 is 14.9 Å². The summed E-state index contributed by atoms with van der Waals surface area (Å²) >= 11 is 2.53. The third-order valence-corrected chi connectivity index (χ3v) is 10.3. The second-order valence-electron chi connectivity index (χ2n) is 9.03. The van der Waals surface area contributed by atoms with E-state index in [1.54, 1.807) is 23.2 Å². The van der Waals surface area contributed by atoms with Gasteiger partial charge in [0.2, 0.25) is 10.0 Å². The molecular weight excluding hydrogens is 521 g/mol. The second kappa shape index (κ2) is 8.58. The number of sulfonamides is 1. The summed E-state index contributed by atoms with van der Waals surface area (Å²) in [6, 6.07) is 10.2. The monoisotopic (exact) mass is 543 g/mol. The third-order valence-electron chi connectivity index (χ3n) is 6.35. The van der Waals surface area contributed by atoms with Gasteiger partial charge in [0.05, 0.1) is 20.9 Å². The summed E-state index contributed by atoms with van der Waals surface area (Å²) in [6.45, 7) is 2.51. The Morgan fingerprint density at radius 2 is 1.78 bits per heavy atom. The van der Waals surface area contributed by atoms with E-state index < -0.39 is 10.0 Å². The summed E-state index contributed by atoms with van der Waals surface area (Å²) < 4.78 is 39.0. The van der Waals surface area contributed by atoms with E-state index in [4.69, 9.17) is 5.14 Å². The molecule has 0 unspecified atom stereocenters. The van der Waals surface area contributed by atoms with Gasteiger partial charge in [-0.2, -0.15) is 0 Å². The zero-order valence-electron chi connectivity index (χ0n) is 19.3. The summed E-state index contributed by atoms with van der Waals surface area (Å²) in [5.41, 5.74) is 3.30. The summed E-state index contributed by atoms with van der Waals surface area (Å²) in [7, 11) is -3.91. The van der Waals surface area contributed by atoms with Crippen LogP contribution in [0.15, 0.2) is 40.6 Å². The maximum Gasteiger partial charge on any atom is 0.330 e. The molecule has 1 saturated carbocycles. The average Bonchev–Trinajstić information content (AvgIpc) is 3.48. The van der Waals surface area contributed by atoms with E-state index in [-0.39, 0.29) is 21.8 Å². The number of carbonyl (C=O) groups is 1. The highest BCUT2D eigenvalue weighted by atomic mass is 32.2. The molecule has 3 heterocycles. The van der Waals surface area contributed by atoms with Crippen LogP contribution in [0.3, 0.4) is 0 Å². The number of hydrogen-bond acceptors (Lipinski definition) is 7. The average molecular weight is 544 g/mol. The van der Waals surface area contributed by atoms with Crippen molar-refractivity contribution in [1.82, 2.24) is 9.97 Å². The minimum absolute atomic E-state index is 0.0407. The van der Waals surface area contributed by atoms with Gasteiger partial charge in [-0.1, -0.05) is 23.5 Å². The number of aryl methyl sites for hydroxylation is 1. The van der Waals surface area contributed by atoms with Gasteiger partial charge in [-0.15, -0.1) is 11.3 Å². The molecular formula is C24H22FN5O3S3. The van der Waals surface area contributed by atoms with Crippen LogP contribution in [0.25, 0.3) is 21.3 Å². The van der Waals surface area contributed by atoms with Crippen LogP contribution in [-0.4, -0.2) is 37.5 Å². The summed E-state index contributed by atoms with van der Waals surface area (Å²) in [4.78, 5) is 25.4. The maximum absolute atomic E-state index is 14.4. The SMILES string of the molecule is Cc1nc(N2CCCN(c3ccc(-c4cc(F)cc5nc(C6CC6)sc45)cc3)C2=O)sc1S(N)(=O)=O. The number of amides is 2. The molecule has 6 rings (SSSR count). The zero-order valence-corrected chi connectivity index (χ0v) is 21.7. The number of carbonyl (C=O) groups excluding carboxylic acids is 1. The number of aromatic nitrogens is 2. The van der Waals surface area contributed by atoms with Crippen molar-refractivity contribution in [3.05, 3.63) is 52.9 Å². The van der Waals surface area contributed by atoms with Crippen molar-refractivity contribution in [1.29, 1.82) is 0 Å². The van der Waals surface area contributed by atoms with Gasteiger partial charge in [0.1, 0.15) is 5.82 Å². The van der Waals surface area contributed by atoms with Gasteiger partial charge in [-0.05, 0) is 49.9 Å². The molecule has 1 aliphatic heterocycles. The summed E-state index contributed by atoms with van der Waals surface area (Å²) in [6.07, 6.45) is 2.96. The van der Waals surface area contributed by atoms with E-state index in [1.165, 1.54) is 17.0 Å². The predicted octanol–water partition coefficient (Wildman–Crippen LogP) is 5.23. The third kappa shape index (κ3) is 4.17. The molecule has 2 amide bonds. The minimum Gasteiger partial charge on any atom is -0.294 e. The van der Waals surface area contributed by atoms with Gasteiger partial charge in [0, 0.05) is 36.3 Å². The topological polar surface area (TPSA) is 109 Å². The first-order valence-corrected chi connectivity index (χ1v) is 14.7. The first-order chi connectivity index (χ1) is 17.2. The van der Waals surface area contributed by atoms with Crippen LogP contribution in [0.1, 0.15) is 35.9 Å². The van der Waals surface area contributed by atoms with Crippen LogP contribution in [0.2, 0.25) is 0 Å². The molecule has 36 heavy (non-hydrogen) atoms. The smallest absolute Gasteiger partial charge is 0.294 e. The fraction of sp³-hybridized carbons (Fsp3) is 0.292. The van der Waals surface area contributed by atoms with Crippen molar-refractivity contribution in [2.45, 2.75) is 36.3 Å². The number of fused-ring (bicyclic) bond motifs is 1. The number of rotatable bonds is 5. The highest BCUT2D eigenvalue weighted by Crippen LogP contribution is 2.45. The number of thiazole rings is 2. The van der Waals surface area contributed by atoms with E-state index in [2.05, 4.69) is 9.97 Å². The van der Waals surface area contributed by atoms with E-state index >= 15 is 0 Å². The van der Waals surface area contributed by atoms with E-state index in [9.17, 15) is 17.6 Å². The van der Waals surface area contributed by atoms with E-state index in [0.29, 0.717) is 41.8 Å². The zero-order chi connectivity index (χ0) is 25.2. The summed E-state index contributed by atoms with van der Waals surface area (Å²) in [5, 5.41) is 6.65. The molecule has 186 valence electrons. The van der Waals surface area contributed by atoms with Gasteiger partial charge in [-0.25, -0.2) is 32.7 Å².